The lowest BCUT2D eigenvalue weighted by atomic mass is 10.1. The summed E-state index contributed by atoms with van der Waals surface area (Å²) in [6, 6.07) is 9.43. The molecular weight excluding hydrogens is 496 g/mol. The van der Waals surface area contributed by atoms with Gasteiger partial charge >= 0.3 is 11.9 Å². The molecule has 2 aromatic heterocycles. The largest absolute Gasteiger partial charge is 0.491 e. The van der Waals surface area contributed by atoms with Crippen molar-refractivity contribution >= 4 is 33.7 Å². The number of carbonyl (C=O) groups excluding carboxylic acids is 2. The minimum absolute atomic E-state index is 0.117. The lowest BCUT2D eigenvalue weighted by Gasteiger charge is -2.14. The Morgan fingerprint density at radius 2 is 1.18 bits per heavy atom. The van der Waals surface area contributed by atoms with E-state index in [4.69, 9.17) is 18.9 Å². The molecule has 11 nitrogen and oxygen atoms in total. The summed E-state index contributed by atoms with van der Waals surface area (Å²) in [6.07, 6.45) is 1.57. The van der Waals surface area contributed by atoms with E-state index >= 15 is 0 Å². The van der Waals surface area contributed by atoms with Crippen molar-refractivity contribution in [2.24, 2.45) is 0 Å². The number of hydrogen-bond acceptors (Lipinski definition) is 9. The van der Waals surface area contributed by atoms with E-state index in [1.807, 2.05) is 0 Å². The second kappa shape index (κ2) is 11.6. The molecule has 0 saturated carbocycles. The molecule has 3 N–H and O–H groups in total. The Bertz CT molecular complexity index is 1490. The van der Waals surface area contributed by atoms with E-state index in [0.29, 0.717) is 22.5 Å². The zero-order valence-corrected chi connectivity index (χ0v) is 20.7. The van der Waals surface area contributed by atoms with E-state index in [-0.39, 0.29) is 48.3 Å². The van der Waals surface area contributed by atoms with Gasteiger partial charge in [-0.2, -0.15) is 0 Å². The van der Waals surface area contributed by atoms with Crippen molar-refractivity contribution in [1.82, 2.24) is 9.97 Å². The number of esters is 2. The Morgan fingerprint density at radius 3 is 1.58 bits per heavy atom. The van der Waals surface area contributed by atoms with Crippen LogP contribution in [0.1, 0.15) is 34.6 Å². The van der Waals surface area contributed by atoms with E-state index in [0.717, 1.165) is 0 Å². The molecule has 4 rings (SSSR count). The van der Waals surface area contributed by atoms with Crippen LogP contribution in [0.15, 0.2) is 58.4 Å². The fourth-order valence-electron chi connectivity index (χ4n) is 3.73. The standard InChI is InChI=1S/C27H26N2O9/c1-3-35-26(33)20-11-28-22-7-5-16(9-18(22)24(20)31)37-13-15(30)14-38-17-6-8-23-19(10-17)25(32)21(12-29-23)27(34)36-4-2/h5-12,15,30H,3-4,13-14H2,1-2H3,(H,28,31)(H,29,32). The Hall–Kier alpha value is -4.64. The first-order valence-corrected chi connectivity index (χ1v) is 11.9. The molecule has 0 unspecified atom stereocenters. The van der Waals surface area contributed by atoms with Gasteiger partial charge in [0.1, 0.15) is 41.9 Å². The third-order valence-electron chi connectivity index (χ3n) is 5.58. The fourth-order valence-corrected chi connectivity index (χ4v) is 3.73. The number of hydrogen-bond donors (Lipinski definition) is 3. The average Bonchev–Trinajstić information content (AvgIpc) is 2.91. The first-order chi connectivity index (χ1) is 18.3. The highest BCUT2D eigenvalue weighted by Gasteiger charge is 2.16. The lowest BCUT2D eigenvalue weighted by molar-refractivity contribution is 0.0515. The number of H-pyrrole nitrogens is 2. The van der Waals surface area contributed by atoms with E-state index in [1.165, 1.54) is 24.5 Å². The van der Waals surface area contributed by atoms with E-state index < -0.39 is 28.9 Å². The first kappa shape index (κ1) is 26.4. The number of carbonyl (C=O) groups is 2. The molecule has 0 bridgehead atoms. The molecule has 0 aliphatic rings. The number of rotatable bonds is 10. The van der Waals surface area contributed by atoms with Crippen LogP contribution >= 0.6 is 0 Å². The second-order valence-corrected chi connectivity index (χ2v) is 8.19. The van der Waals surface area contributed by atoms with Gasteiger partial charge in [0.2, 0.25) is 10.9 Å². The molecule has 4 aromatic rings. The van der Waals surface area contributed by atoms with Gasteiger partial charge in [-0.3, -0.25) is 9.59 Å². The molecule has 0 fully saturated rings. The summed E-state index contributed by atoms with van der Waals surface area (Å²) in [6.45, 7) is 3.28. The third kappa shape index (κ3) is 5.68. The highest BCUT2D eigenvalue weighted by molar-refractivity contribution is 5.94. The predicted molar refractivity (Wildman–Crippen MR) is 138 cm³/mol. The normalized spacial score (nSPS) is 11.1. The SMILES string of the molecule is CCOC(=O)c1c[nH]c2ccc(OCC(O)COc3ccc4[nH]cc(C(=O)OCC)c(=O)c4c3)cc2c1=O. The zero-order chi connectivity index (χ0) is 27.2. The highest BCUT2D eigenvalue weighted by Crippen LogP contribution is 2.20. The van der Waals surface area contributed by atoms with Crippen LogP contribution in [-0.4, -0.2) is 59.5 Å². The van der Waals surface area contributed by atoms with Crippen molar-refractivity contribution in [3.63, 3.8) is 0 Å². The first-order valence-electron chi connectivity index (χ1n) is 11.9. The zero-order valence-electron chi connectivity index (χ0n) is 20.7. The van der Waals surface area contributed by atoms with Crippen LogP contribution < -0.4 is 20.3 Å². The topological polar surface area (TPSA) is 157 Å². The number of pyridine rings is 2. The molecule has 0 radical (unpaired) electrons. The van der Waals surface area contributed by atoms with Crippen LogP contribution in [0.2, 0.25) is 0 Å². The summed E-state index contributed by atoms with van der Waals surface area (Å²) in [7, 11) is 0. The molecule has 0 saturated heterocycles. The minimum Gasteiger partial charge on any atom is -0.491 e. The van der Waals surface area contributed by atoms with Gasteiger partial charge in [-0.25, -0.2) is 9.59 Å². The summed E-state index contributed by atoms with van der Waals surface area (Å²) in [5, 5.41) is 10.8. The Morgan fingerprint density at radius 1 is 0.763 bits per heavy atom. The molecule has 0 amide bonds. The Kier molecular flexibility index (Phi) is 8.07. The number of aromatic amines is 2. The molecule has 2 heterocycles. The van der Waals surface area contributed by atoms with Crippen LogP contribution in [-0.2, 0) is 9.47 Å². The van der Waals surface area contributed by atoms with E-state index in [2.05, 4.69) is 9.97 Å². The van der Waals surface area contributed by atoms with Crippen molar-refractivity contribution in [3.8, 4) is 11.5 Å². The van der Waals surface area contributed by atoms with Crippen LogP contribution in [0.5, 0.6) is 11.5 Å². The molecule has 38 heavy (non-hydrogen) atoms. The summed E-state index contributed by atoms with van der Waals surface area (Å²) in [5.74, 6) is -0.816. The monoisotopic (exact) mass is 522 g/mol. The van der Waals surface area contributed by atoms with Gasteiger partial charge in [0, 0.05) is 23.4 Å². The molecule has 0 spiro atoms. The van der Waals surface area contributed by atoms with Crippen molar-refractivity contribution in [3.05, 3.63) is 80.4 Å². The number of fused-ring (bicyclic) bond motifs is 2. The maximum atomic E-state index is 12.7. The summed E-state index contributed by atoms with van der Waals surface area (Å²) >= 11 is 0. The number of aliphatic hydroxyl groups excluding tert-OH is 1. The van der Waals surface area contributed by atoms with Crippen molar-refractivity contribution < 1.29 is 33.6 Å². The quantitative estimate of drug-likeness (QED) is 0.266. The van der Waals surface area contributed by atoms with Crippen LogP contribution in [0.3, 0.4) is 0 Å². The van der Waals surface area contributed by atoms with Crippen LogP contribution in [0.25, 0.3) is 21.8 Å². The Labute approximate surface area is 215 Å². The number of aromatic nitrogens is 2. The summed E-state index contributed by atoms with van der Waals surface area (Å²) < 4.78 is 21.1. The molecule has 0 atom stereocenters. The van der Waals surface area contributed by atoms with Crippen molar-refractivity contribution in [1.29, 1.82) is 0 Å². The van der Waals surface area contributed by atoms with Gasteiger partial charge in [-0.05, 0) is 50.2 Å². The molecule has 198 valence electrons. The average molecular weight is 523 g/mol. The second-order valence-electron chi connectivity index (χ2n) is 8.19. The van der Waals surface area contributed by atoms with Crippen LogP contribution in [0, 0.1) is 0 Å². The third-order valence-corrected chi connectivity index (χ3v) is 5.58. The Balaban J connectivity index is 1.42. The molecule has 0 aliphatic heterocycles. The van der Waals surface area contributed by atoms with Gasteiger partial charge in [0.15, 0.2) is 0 Å². The summed E-state index contributed by atoms with van der Waals surface area (Å²) in [5.41, 5.74) is -0.205. The predicted octanol–water partition coefficient (Wildman–Crippen LogP) is 2.54. The van der Waals surface area contributed by atoms with Crippen molar-refractivity contribution in [2.75, 3.05) is 26.4 Å². The smallest absolute Gasteiger partial charge is 0.343 e. The molecule has 0 aliphatic carbocycles. The number of nitrogens with one attached hydrogen (secondary N) is 2. The number of benzene rings is 2. The van der Waals surface area contributed by atoms with E-state index in [9.17, 15) is 24.3 Å². The number of aliphatic hydroxyl groups is 1. The van der Waals surface area contributed by atoms with Crippen molar-refractivity contribution in [2.45, 2.75) is 20.0 Å². The minimum atomic E-state index is -1.05. The summed E-state index contributed by atoms with van der Waals surface area (Å²) in [4.78, 5) is 55.2. The maximum Gasteiger partial charge on any atom is 0.343 e. The van der Waals surface area contributed by atoms with Gasteiger partial charge < -0.3 is 34.0 Å². The van der Waals surface area contributed by atoms with Gasteiger partial charge in [0.05, 0.1) is 24.0 Å². The van der Waals surface area contributed by atoms with Gasteiger partial charge in [0.25, 0.3) is 0 Å². The molecular formula is C27H26N2O9. The van der Waals surface area contributed by atoms with Gasteiger partial charge in [-0.1, -0.05) is 0 Å². The fraction of sp³-hybridized carbons (Fsp3) is 0.259. The number of ether oxygens (including phenoxy) is 4. The lowest BCUT2D eigenvalue weighted by Crippen LogP contribution is -2.25. The maximum absolute atomic E-state index is 12.7. The van der Waals surface area contributed by atoms with Gasteiger partial charge in [-0.15, -0.1) is 0 Å². The highest BCUT2D eigenvalue weighted by atomic mass is 16.5. The van der Waals surface area contributed by atoms with E-state index in [1.54, 1.807) is 38.1 Å². The molecule has 2 aromatic carbocycles. The molecule has 11 heteroatoms. The van der Waals surface area contributed by atoms with Crippen LogP contribution in [0.4, 0.5) is 0 Å².